The first-order valence-corrected chi connectivity index (χ1v) is 10.3. The number of amides is 1. The third-order valence-electron chi connectivity index (χ3n) is 3.89. The summed E-state index contributed by atoms with van der Waals surface area (Å²) in [5, 5.41) is 3.60. The average molecular weight is 492 g/mol. The fourth-order valence-electron chi connectivity index (χ4n) is 2.48. The number of nitrogens with one attached hydrogen (secondary N) is 1. The first-order valence-electron chi connectivity index (χ1n) is 8.36. The van der Waals surface area contributed by atoms with Crippen molar-refractivity contribution in [1.29, 1.82) is 0 Å². The minimum absolute atomic E-state index is 0.194. The number of halogens is 6. The minimum Gasteiger partial charge on any atom is -0.298 e. The van der Waals surface area contributed by atoms with Gasteiger partial charge in [0, 0.05) is 33.6 Å². The zero-order valence-corrected chi connectivity index (χ0v) is 18.0. The predicted octanol–water partition coefficient (Wildman–Crippen LogP) is 7.36. The lowest BCUT2D eigenvalue weighted by atomic mass is 10.1. The van der Waals surface area contributed by atoms with Crippen LogP contribution in [0.25, 0.3) is 6.08 Å². The molecule has 3 nitrogen and oxygen atoms in total. The highest BCUT2D eigenvalue weighted by Crippen LogP contribution is 2.35. The molecule has 0 saturated heterocycles. The number of hydrogen-bond acceptors (Lipinski definition) is 3. The Morgan fingerprint density at radius 3 is 2.57 bits per heavy atom. The molecule has 0 aliphatic carbocycles. The second-order valence-corrected chi connectivity index (χ2v) is 8.47. The van der Waals surface area contributed by atoms with E-state index in [1.54, 1.807) is 18.3 Å². The van der Waals surface area contributed by atoms with E-state index in [4.69, 9.17) is 34.8 Å². The molecule has 0 saturated carbocycles. The molecule has 0 aliphatic heterocycles. The molecule has 156 valence electrons. The van der Waals surface area contributed by atoms with E-state index in [0.29, 0.717) is 21.6 Å². The van der Waals surface area contributed by atoms with Gasteiger partial charge in [-0.15, -0.1) is 11.3 Å². The van der Waals surface area contributed by atoms with E-state index in [1.165, 1.54) is 23.5 Å². The smallest absolute Gasteiger partial charge is 0.298 e. The zero-order chi connectivity index (χ0) is 21.9. The molecule has 0 fully saturated rings. The number of aromatic nitrogens is 1. The summed E-state index contributed by atoms with van der Waals surface area (Å²) in [5.41, 5.74) is 0.0990. The Morgan fingerprint density at radius 2 is 1.87 bits per heavy atom. The van der Waals surface area contributed by atoms with Gasteiger partial charge in [-0.05, 0) is 41.5 Å². The Kier molecular flexibility index (Phi) is 7.08. The van der Waals surface area contributed by atoms with Crippen molar-refractivity contribution in [2.24, 2.45) is 0 Å². The van der Waals surface area contributed by atoms with E-state index in [0.717, 1.165) is 28.6 Å². The standard InChI is InChI=1S/C20H12Cl3F3N2OS/c21-13-4-3-12(17(23)9-13)8-14-10-27-19(30-14)28-18(29)6-2-11-1-5-16(22)15(7-11)20(24,25)26/h1-7,9-10H,8H2,(H,27,28,29)/b6-2+. The van der Waals surface area contributed by atoms with Crippen molar-refractivity contribution in [3.8, 4) is 0 Å². The average Bonchev–Trinajstić information content (AvgIpc) is 3.09. The van der Waals surface area contributed by atoms with Crippen LogP contribution in [0.4, 0.5) is 18.3 Å². The highest BCUT2D eigenvalue weighted by atomic mass is 35.5. The number of alkyl halides is 3. The molecule has 2 aromatic carbocycles. The molecule has 1 heterocycles. The van der Waals surface area contributed by atoms with Crippen LogP contribution in [-0.4, -0.2) is 10.9 Å². The van der Waals surface area contributed by atoms with Crippen molar-refractivity contribution in [2.75, 3.05) is 5.32 Å². The number of anilines is 1. The van der Waals surface area contributed by atoms with Gasteiger partial charge < -0.3 is 0 Å². The van der Waals surface area contributed by atoms with Crippen LogP contribution in [0.2, 0.25) is 15.1 Å². The van der Waals surface area contributed by atoms with Gasteiger partial charge in [0.2, 0.25) is 5.91 Å². The van der Waals surface area contributed by atoms with Crippen LogP contribution in [0.15, 0.2) is 48.7 Å². The van der Waals surface area contributed by atoms with Gasteiger partial charge >= 0.3 is 6.18 Å². The monoisotopic (exact) mass is 490 g/mol. The van der Waals surface area contributed by atoms with Crippen LogP contribution < -0.4 is 5.32 Å². The molecular formula is C20H12Cl3F3N2OS. The lowest BCUT2D eigenvalue weighted by Gasteiger charge is -2.09. The summed E-state index contributed by atoms with van der Waals surface area (Å²) in [4.78, 5) is 17.1. The van der Waals surface area contributed by atoms with Crippen LogP contribution in [0.1, 0.15) is 21.6 Å². The van der Waals surface area contributed by atoms with E-state index < -0.39 is 22.7 Å². The Morgan fingerprint density at radius 1 is 1.10 bits per heavy atom. The first-order chi connectivity index (χ1) is 14.1. The van der Waals surface area contributed by atoms with E-state index in [9.17, 15) is 18.0 Å². The maximum absolute atomic E-state index is 12.9. The highest BCUT2D eigenvalue weighted by molar-refractivity contribution is 7.15. The van der Waals surface area contributed by atoms with Crippen LogP contribution in [0, 0.1) is 0 Å². The first kappa shape index (κ1) is 22.6. The number of rotatable bonds is 5. The largest absolute Gasteiger partial charge is 0.417 e. The van der Waals surface area contributed by atoms with Crippen molar-refractivity contribution in [2.45, 2.75) is 12.6 Å². The molecule has 0 aliphatic rings. The van der Waals surface area contributed by atoms with Gasteiger partial charge in [0.1, 0.15) is 0 Å². The molecule has 0 unspecified atom stereocenters. The molecule has 0 radical (unpaired) electrons. The maximum Gasteiger partial charge on any atom is 0.417 e. The quantitative estimate of drug-likeness (QED) is 0.379. The molecule has 0 spiro atoms. The van der Waals surface area contributed by atoms with Crippen molar-refractivity contribution in [3.63, 3.8) is 0 Å². The van der Waals surface area contributed by atoms with Crippen LogP contribution in [0.3, 0.4) is 0 Å². The van der Waals surface area contributed by atoms with Gasteiger partial charge in [-0.2, -0.15) is 13.2 Å². The summed E-state index contributed by atoms with van der Waals surface area (Å²) in [6, 6.07) is 8.60. The summed E-state index contributed by atoms with van der Waals surface area (Å²) in [6.45, 7) is 0. The van der Waals surface area contributed by atoms with Gasteiger partial charge in [-0.1, -0.05) is 46.9 Å². The summed E-state index contributed by atoms with van der Waals surface area (Å²) in [5.74, 6) is -0.524. The van der Waals surface area contributed by atoms with Gasteiger partial charge in [0.05, 0.1) is 10.6 Å². The lowest BCUT2D eigenvalue weighted by molar-refractivity contribution is -0.137. The second kappa shape index (κ2) is 9.39. The van der Waals surface area contributed by atoms with Crippen molar-refractivity contribution < 1.29 is 18.0 Å². The molecule has 1 aromatic heterocycles. The van der Waals surface area contributed by atoms with Crippen LogP contribution in [0.5, 0.6) is 0 Å². The van der Waals surface area contributed by atoms with Gasteiger partial charge in [0.15, 0.2) is 5.13 Å². The highest BCUT2D eigenvalue weighted by Gasteiger charge is 2.33. The Balaban J connectivity index is 1.64. The molecule has 0 atom stereocenters. The van der Waals surface area contributed by atoms with Gasteiger partial charge in [-0.25, -0.2) is 4.98 Å². The van der Waals surface area contributed by atoms with E-state index in [2.05, 4.69) is 10.3 Å². The summed E-state index contributed by atoms with van der Waals surface area (Å²) < 4.78 is 38.7. The van der Waals surface area contributed by atoms with E-state index in [-0.39, 0.29) is 5.56 Å². The Hall–Kier alpha value is -2.06. The van der Waals surface area contributed by atoms with Crippen molar-refractivity contribution >= 4 is 63.3 Å². The normalized spacial score (nSPS) is 11.8. The Bertz CT molecular complexity index is 1110. The Labute approximate surface area is 189 Å². The fraction of sp³-hybridized carbons (Fsp3) is 0.100. The topological polar surface area (TPSA) is 42.0 Å². The van der Waals surface area contributed by atoms with Crippen molar-refractivity contribution in [3.05, 3.63) is 85.3 Å². The number of carbonyl (C=O) groups excluding carboxylic acids is 1. The van der Waals surface area contributed by atoms with Crippen LogP contribution in [-0.2, 0) is 17.4 Å². The number of carbonyl (C=O) groups is 1. The summed E-state index contributed by atoms with van der Waals surface area (Å²) >= 11 is 18.9. The third-order valence-corrected chi connectivity index (χ3v) is 5.72. The molecule has 30 heavy (non-hydrogen) atoms. The molecule has 3 aromatic rings. The number of benzene rings is 2. The summed E-state index contributed by atoms with van der Waals surface area (Å²) in [7, 11) is 0. The minimum atomic E-state index is -4.58. The molecule has 1 amide bonds. The fourth-order valence-corrected chi connectivity index (χ4v) is 4.02. The second-order valence-electron chi connectivity index (χ2n) is 6.10. The van der Waals surface area contributed by atoms with Gasteiger partial charge in [-0.3, -0.25) is 10.1 Å². The molecule has 1 N–H and O–H groups in total. The van der Waals surface area contributed by atoms with Crippen molar-refractivity contribution in [1.82, 2.24) is 4.98 Å². The van der Waals surface area contributed by atoms with Gasteiger partial charge in [0.25, 0.3) is 0 Å². The number of nitrogens with zero attached hydrogens (tertiary/aromatic N) is 1. The predicted molar refractivity (Wildman–Crippen MR) is 115 cm³/mol. The summed E-state index contributed by atoms with van der Waals surface area (Å²) in [6.07, 6.45) is -0.0506. The molecule has 3 rings (SSSR count). The third kappa shape index (κ3) is 5.98. The number of hydrogen-bond donors (Lipinski definition) is 1. The molecule has 0 bridgehead atoms. The lowest BCUT2D eigenvalue weighted by Crippen LogP contribution is -2.07. The van der Waals surface area contributed by atoms with Crippen LogP contribution >= 0.6 is 46.1 Å². The van der Waals surface area contributed by atoms with E-state index in [1.807, 2.05) is 6.07 Å². The maximum atomic E-state index is 12.9. The van der Waals surface area contributed by atoms with E-state index >= 15 is 0 Å². The number of thiazole rings is 1. The molecular weight excluding hydrogens is 480 g/mol. The molecule has 10 heteroatoms. The zero-order valence-electron chi connectivity index (χ0n) is 14.9. The SMILES string of the molecule is O=C(/C=C/c1ccc(Cl)c(C(F)(F)F)c1)Nc1ncc(Cc2ccc(Cl)cc2Cl)s1.